The van der Waals surface area contributed by atoms with Crippen LogP contribution in [0.25, 0.3) is 11.2 Å². The number of carbonyl (C=O) groups is 3. The number of nitrogens with zero attached hydrogens (tertiary/aromatic N) is 3. The number of nitrogen functional groups attached to an aromatic ring is 1. The summed E-state index contributed by atoms with van der Waals surface area (Å²) in [6.07, 6.45) is 1.47. The zero-order valence-electron chi connectivity index (χ0n) is 18.5. The predicted molar refractivity (Wildman–Crippen MR) is 121 cm³/mol. The molecule has 2 heterocycles. The maximum absolute atomic E-state index is 12.5. The number of aromatic nitrogens is 4. The van der Waals surface area contributed by atoms with Gasteiger partial charge in [0.15, 0.2) is 11.2 Å². The second-order valence-electron chi connectivity index (χ2n) is 7.08. The van der Waals surface area contributed by atoms with Crippen molar-refractivity contribution in [3.05, 3.63) is 52.1 Å². The van der Waals surface area contributed by atoms with E-state index in [1.807, 2.05) is 0 Å². The van der Waals surface area contributed by atoms with Gasteiger partial charge in [0, 0.05) is 17.7 Å². The summed E-state index contributed by atoms with van der Waals surface area (Å²) in [5, 5.41) is 5.67. The SMILES string of the molecule is CO[13C](=O)[13CH2][13CH2][13C@H]([15NH]C(=O)c1ccc(NCc2cnc3nc(N)[nH]c(=O)c3n2)cc1)[13C](=O)OC. The topological polar surface area (TPSA) is 191 Å². The van der Waals surface area contributed by atoms with Gasteiger partial charge in [-0.15, -0.1) is 0 Å². The number of hydrogen-bond donors (Lipinski definition) is 4. The third-order valence-corrected chi connectivity index (χ3v) is 4.76. The Hall–Kier alpha value is -4.55. The van der Waals surface area contributed by atoms with Crippen molar-refractivity contribution in [3.8, 4) is 0 Å². The number of aromatic amines is 1. The fourth-order valence-electron chi connectivity index (χ4n) is 2.99. The van der Waals surface area contributed by atoms with Crippen LogP contribution < -0.4 is 21.9 Å². The molecule has 1 amide bonds. The summed E-state index contributed by atoms with van der Waals surface area (Å²) in [5.74, 6) is -1.70. The van der Waals surface area contributed by atoms with E-state index in [1.165, 1.54) is 20.4 Å². The first-order chi connectivity index (χ1) is 16.3. The minimum absolute atomic E-state index is 0.0387. The molecule has 0 radical (unpaired) electrons. The molecule has 0 spiro atoms. The van der Waals surface area contributed by atoms with E-state index in [-0.39, 0.29) is 36.5 Å². The monoisotopic (exact) mass is 475 g/mol. The normalized spacial score (nSPS) is 11.5. The molecular formula is C21H23N7O6. The Morgan fingerprint density at radius 1 is 1.12 bits per heavy atom. The van der Waals surface area contributed by atoms with Gasteiger partial charge in [0.25, 0.3) is 11.5 Å². The molecule has 0 fully saturated rings. The van der Waals surface area contributed by atoms with E-state index < -0.39 is 29.4 Å². The third kappa shape index (κ3) is 6.03. The van der Waals surface area contributed by atoms with Crippen molar-refractivity contribution >= 4 is 40.6 Å². The molecule has 0 aliphatic carbocycles. The number of methoxy groups -OCH3 is 2. The molecule has 13 heteroatoms. The number of anilines is 2. The lowest BCUT2D eigenvalue weighted by Gasteiger charge is -2.16. The van der Waals surface area contributed by atoms with E-state index in [1.54, 1.807) is 24.3 Å². The van der Waals surface area contributed by atoms with Crippen LogP contribution in [0.1, 0.15) is 28.9 Å². The molecule has 5 N–H and O–H groups in total. The van der Waals surface area contributed by atoms with E-state index in [0.717, 1.165) is 0 Å². The zero-order chi connectivity index (χ0) is 24.7. The zero-order valence-corrected chi connectivity index (χ0v) is 18.5. The van der Waals surface area contributed by atoms with E-state index in [2.05, 4.69) is 40.0 Å². The number of ether oxygens (including phenoxy) is 2. The molecule has 34 heavy (non-hydrogen) atoms. The van der Waals surface area contributed by atoms with Gasteiger partial charge in [-0.3, -0.25) is 19.4 Å². The molecule has 1 aromatic carbocycles. The van der Waals surface area contributed by atoms with E-state index in [4.69, 9.17) is 5.73 Å². The first kappa shape index (κ1) is 24.1. The summed E-state index contributed by atoms with van der Waals surface area (Å²) < 4.78 is 9.25. The maximum Gasteiger partial charge on any atom is 0.328 e. The highest BCUT2D eigenvalue weighted by Crippen LogP contribution is 2.12. The summed E-state index contributed by atoms with van der Waals surface area (Å²) in [4.78, 5) is 62.4. The van der Waals surface area contributed by atoms with Crippen LogP contribution in [-0.2, 0) is 25.6 Å². The Morgan fingerprint density at radius 2 is 1.85 bits per heavy atom. The Kier molecular flexibility index (Phi) is 7.69. The van der Waals surface area contributed by atoms with Crippen LogP contribution in [-0.4, -0.2) is 58.0 Å². The first-order valence-corrected chi connectivity index (χ1v) is 10.1. The molecular weight excluding hydrogens is 452 g/mol. The second kappa shape index (κ2) is 10.8. The molecule has 13 nitrogen and oxygen atoms in total. The van der Waals surface area contributed by atoms with Gasteiger partial charge in [-0.25, -0.2) is 14.8 Å². The van der Waals surface area contributed by atoms with Crippen LogP contribution in [0.5, 0.6) is 0 Å². The van der Waals surface area contributed by atoms with Crippen molar-refractivity contribution in [2.75, 3.05) is 25.3 Å². The number of fused-ring (bicyclic) bond motifs is 1. The van der Waals surface area contributed by atoms with Crippen molar-refractivity contribution in [1.29, 1.82) is 0 Å². The van der Waals surface area contributed by atoms with Gasteiger partial charge < -0.3 is 25.8 Å². The summed E-state index contributed by atoms with van der Waals surface area (Å²) in [7, 11) is 2.44. The van der Waals surface area contributed by atoms with Gasteiger partial charge in [0.05, 0.1) is 32.7 Å². The Labute approximate surface area is 193 Å². The number of esters is 2. The minimum Gasteiger partial charge on any atom is -0.469 e. The molecule has 178 valence electrons. The van der Waals surface area contributed by atoms with Crippen LogP contribution >= 0.6 is 0 Å². The summed E-state index contributed by atoms with van der Waals surface area (Å²) in [6.45, 7) is 0.260. The smallest absolute Gasteiger partial charge is 0.328 e. The van der Waals surface area contributed by atoms with Gasteiger partial charge in [0.2, 0.25) is 5.95 Å². The van der Waals surface area contributed by atoms with Gasteiger partial charge >= 0.3 is 11.9 Å². The first-order valence-electron chi connectivity index (χ1n) is 10.1. The molecule has 0 aliphatic rings. The third-order valence-electron chi connectivity index (χ3n) is 4.76. The highest BCUT2D eigenvalue weighted by molar-refractivity contribution is 5.97. The molecule has 0 aliphatic heterocycles. The maximum atomic E-state index is 12.5. The highest BCUT2D eigenvalue weighted by Gasteiger charge is 2.23. The van der Waals surface area contributed by atoms with Gasteiger partial charge in [0.1, 0.15) is 6.04 Å². The largest absolute Gasteiger partial charge is 0.469 e. The Balaban J connectivity index is 1.62. The average molecular weight is 475 g/mol. The fourth-order valence-corrected chi connectivity index (χ4v) is 2.99. The lowest BCUT2D eigenvalue weighted by molar-refractivity contribution is -0.144. The van der Waals surface area contributed by atoms with Gasteiger partial charge in [-0.1, -0.05) is 0 Å². The number of carbonyl (C=O) groups excluding carboxylic acids is 3. The van der Waals surface area contributed by atoms with Crippen molar-refractivity contribution in [3.63, 3.8) is 0 Å². The van der Waals surface area contributed by atoms with Crippen LogP contribution in [0.4, 0.5) is 11.6 Å². The lowest BCUT2D eigenvalue weighted by Crippen LogP contribution is -2.41. The van der Waals surface area contributed by atoms with Crippen LogP contribution in [0, 0.1) is 0 Å². The molecule has 3 aromatic rings. The summed E-state index contributed by atoms with van der Waals surface area (Å²) in [6, 6.07) is 5.47. The molecule has 0 unspecified atom stereocenters. The number of amides is 1. The lowest BCUT2D eigenvalue weighted by atomic mass is 10.2. The predicted octanol–water partition coefficient (Wildman–Crippen LogP) is 0.132. The molecule has 0 saturated heterocycles. The fraction of sp³-hybridized carbons (Fsp3) is 0.286. The number of rotatable bonds is 9. The second-order valence-corrected chi connectivity index (χ2v) is 7.08. The van der Waals surface area contributed by atoms with Gasteiger partial charge in [-0.2, -0.15) is 4.98 Å². The molecule has 2 aromatic heterocycles. The molecule has 3 rings (SSSR count). The van der Waals surface area contributed by atoms with E-state index in [0.29, 0.717) is 16.9 Å². The quantitative estimate of drug-likeness (QED) is 0.187. The standard InChI is InChI=1S/C21H23N7O6/c1-33-15(29)8-7-14(20(32)34-2)26-18(30)11-3-5-12(6-4-11)23-9-13-10-24-17-16(25-13)19(31)28-21(22)27-17/h3-6,10,14,23H,7-9H2,1-2H3,(H,26,30)(H3,22,24,27,28,31)/t14-/m0/s1/i7+1,8+1,14+1,15+1,20+1,26+1. The molecule has 1 atom stereocenters. The minimum atomic E-state index is -0.992. The molecule has 0 saturated carbocycles. The van der Waals surface area contributed by atoms with E-state index >= 15 is 0 Å². The van der Waals surface area contributed by atoms with E-state index in [9.17, 15) is 19.2 Å². The van der Waals surface area contributed by atoms with Crippen LogP contribution in [0.2, 0.25) is 0 Å². The number of hydrogen-bond acceptors (Lipinski definition) is 11. The van der Waals surface area contributed by atoms with Crippen LogP contribution in [0.15, 0.2) is 35.3 Å². The van der Waals surface area contributed by atoms with Crippen molar-refractivity contribution < 1.29 is 23.9 Å². The van der Waals surface area contributed by atoms with Crippen molar-refractivity contribution in [1.82, 2.24) is 25.3 Å². The average Bonchev–Trinajstić information content (AvgIpc) is 2.84. The van der Waals surface area contributed by atoms with Crippen LogP contribution in [0.3, 0.4) is 0 Å². The molecule has 0 bridgehead atoms. The van der Waals surface area contributed by atoms with Gasteiger partial charge in [-0.05, 0) is 30.7 Å². The summed E-state index contributed by atoms with van der Waals surface area (Å²) >= 11 is 0. The van der Waals surface area contributed by atoms with Crippen molar-refractivity contribution in [2.45, 2.75) is 25.4 Å². The number of nitrogens with two attached hydrogens (primary N) is 1. The number of H-pyrrole nitrogens is 1. The summed E-state index contributed by atoms with van der Waals surface area (Å²) in [5.41, 5.74) is 6.72. The van der Waals surface area contributed by atoms with Crippen molar-refractivity contribution in [2.24, 2.45) is 0 Å². The Morgan fingerprint density at radius 3 is 2.53 bits per heavy atom. The highest BCUT2D eigenvalue weighted by atomic mass is 16.6. The number of nitrogens with one attached hydrogen (secondary N) is 3. The Bertz CT molecular complexity index is 1260. The number of benzene rings is 1.